The summed E-state index contributed by atoms with van der Waals surface area (Å²) < 4.78 is 9.89. The predicted molar refractivity (Wildman–Crippen MR) is 89.3 cm³/mol. The van der Waals surface area contributed by atoms with Gasteiger partial charge in [-0.3, -0.25) is 9.59 Å². The maximum absolute atomic E-state index is 12.4. The summed E-state index contributed by atoms with van der Waals surface area (Å²) in [5.74, 6) is 0.128. The van der Waals surface area contributed by atoms with Gasteiger partial charge in [0.2, 0.25) is 5.91 Å². The van der Waals surface area contributed by atoms with Crippen LogP contribution in [0.4, 0.5) is 0 Å². The summed E-state index contributed by atoms with van der Waals surface area (Å²) in [6.45, 7) is 6.46. The van der Waals surface area contributed by atoms with Crippen molar-refractivity contribution in [3.63, 3.8) is 0 Å². The van der Waals surface area contributed by atoms with Gasteiger partial charge in [-0.05, 0) is 24.1 Å². The molecule has 0 aromatic heterocycles. The van der Waals surface area contributed by atoms with Gasteiger partial charge in [-0.25, -0.2) is 0 Å². The van der Waals surface area contributed by atoms with Gasteiger partial charge in [-0.2, -0.15) is 0 Å². The molecule has 1 unspecified atom stereocenters. The van der Waals surface area contributed by atoms with E-state index in [9.17, 15) is 9.59 Å². The SMILES string of the molecule is COC(=O)C(C)CN(CCc1ccc(OC)cc1)C(=O)C(C)C. The number of benzene rings is 1. The number of hydrogen-bond donors (Lipinski definition) is 0. The van der Waals surface area contributed by atoms with Crippen LogP contribution in [-0.2, 0) is 20.7 Å². The van der Waals surface area contributed by atoms with Crippen LogP contribution in [0.1, 0.15) is 26.3 Å². The highest BCUT2D eigenvalue weighted by atomic mass is 16.5. The third kappa shape index (κ3) is 5.93. The molecule has 0 heterocycles. The number of ether oxygens (including phenoxy) is 2. The molecule has 0 radical (unpaired) electrons. The fraction of sp³-hybridized carbons (Fsp3) is 0.556. The molecule has 0 N–H and O–H groups in total. The van der Waals surface area contributed by atoms with Gasteiger partial charge in [0.15, 0.2) is 0 Å². The van der Waals surface area contributed by atoms with Crippen molar-refractivity contribution < 1.29 is 19.1 Å². The van der Waals surface area contributed by atoms with Crippen LogP contribution in [0.15, 0.2) is 24.3 Å². The molecule has 1 aromatic rings. The van der Waals surface area contributed by atoms with E-state index in [0.717, 1.165) is 17.7 Å². The normalized spacial score (nSPS) is 11.9. The van der Waals surface area contributed by atoms with Gasteiger partial charge >= 0.3 is 5.97 Å². The highest BCUT2D eigenvalue weighted by Crippen LogP contribution is 2.13. The molecule has 5 heteroatoms. The van der Waals surface area contributed by atoms with Gasteiger partial charge < -0.3 is 14.4 Å². The van der Waals surface area contributed by atoms with Crippen LogP contribution >= 0.6 is 0 Å². The molecule has 128 valence electrons. The molecule has 0 aliphatic rings. The molecule has 1 amide bonds. The van der Waals surface area contributed by atoms with Gasteiger partial charge in [-0.15, -0.1) is 0 Å². The Hall–Kier alpha value is -2.04. The maximum atomic E-state index is 12.4. The lowest BCUT2D eigenvalue weighted by Crippen LogP contribution is -2.40. The van der Waals surface area contributed by atoms with Crippen LogP contribution in [-0.4, -0.2) is 44.1 Å². The van der Waals surface area contributed by atoms with Gasteiger partial charge in [0.05, 0.1) is 20.1 Å². The summed E-state index contributed by atoms with van der Waals surface area (Å²) in [6.07, 6.45) is 0.732. The number of hydrogen-bond acceptors (Lipinski definition) is 4. The Morgan fingerprint density at radius 1 is 1.09 bits per heavy atom. The first-order valence-corrected chi connectivity index (χ1v) is 7.88. The van der Waals surface area contributed by atoms with Crippen molar-refractivity contribution in [1.29, 1.82) is 0 Å². The van der Waals surface area contributed by atoms with Crippen LogP contribution in [0.25, 0.3) is 0 Å². The van der Waals surface area contributed by atoms with E-state index in [-0.39, 0.29) is 23.7 Å². The van der Waals surface area contributed by atoms with Crippen molar-refractivity contribution in [2.45, 2.75) is 27.2 Å². The highest BCUT2D eigenvalue weighted by Gasteiger charge is 2.23. The Morgan fingerprint density at radius 3 is 2.17 bits per heavy atom. The van der Waals surface area contributed by atoms with Crippen LogP contribution < -0.4 is 4.74 Å². The van der Waals surface area contributed by atoms with Crippen LogP contribution in [0.5, 0.6) is 5.75 Å². The summed E-state index contributed by atoms with van der Waals surface area (Å²) in [6, 6.07) is 7.78. The standard InChI is InChI=1S/C18H27NO4/c1-13(2)17(20)19(12-14(3)18(21)23-5)11-10-15-6-8-16(22-4)9-7-15/h6-9,13-14H,10-12H2,1-5H3. The molecular weight excluding hydrogens is 294 g/mol. The van der Waals surface area contributed by atoms with E-state index in [1.54, 1.807) is 18.9 Å². The lowest BCUT2D eigenvalue weighted by molar-refractivity contribution is -0.146. The first-order chi connectivity index (χ1) is 10.9. The second kappa shape index (κ2) is 9.18. The fourth-order valence-electron chi connectivity index (χ4n) is 2.32. The van der Waals surface area contributed by atoms with Crippen molar-refractivity contribution in [2.75, 3.05) is 27.3 Å². The molecule has 5 nitrogen and oxygen atoms in total. The number of esters is 1. The van der Waals surface area contributed by atoms with Crippen molar-refractivity contribution in [3.05, 3.63) is 29.8 Å². The molecule has 0 fully saturated rings. The molecule has 23 heavy (non-hydrogen) atoms. The second-order valence-corrected chi connectivity index (χ2v) is 5.96. The van der Waals surface area contributed by atoms with Crippen molar-refractivity contribution in [3.8, 4) is 5.75 Å². The van der Waals surface area contributed by atoms with Crippen LogP contribution in [0.3, 0.4) is 0 Å². The number of nitrogens with zero attached hydrogens (tertiary/aromatic N) is 1. The molecule has 0 aliphatic carbocycles. The van der Waals surface area contributed by atoms with E-state index in [4.69, 9.17) is 9.47 Å². The van der Waals surface area contributed by atoms with E-state index >= 15 is 0 Å². The average molecular weight is 321 g/mol. The molecule has 0 aliphatic heterocycles. The molecular formula is C18H27NO4. The fourth-order valence-corrected chi connectivity index (χ4v) is 2.32. The summed E-state index contributed by atoms with van der Waals surface area (Å²) in [5.41, 5.74) is 1.12. The second-order valence-electron chi connectivity index (χ2n) is 5.96. The third-order valence-corrected chi connectivity index (χ3v) is 3.73. The first-order valence-electron chi connectivity index (χ1n) is 7.88. The average Bonchev–Trinajstić information content (AvgIpc) is 2.57. The van der Waals surface area contributed by atoms with Gasteiger partial charge in [-0.1, -0.05) is 32.9 Å². The predicted octanol–water partition coefficient (Wildman–Crippen LogP) is 2.53. The Labute approximate surface area is 138 Å². The zero-order chi connectivity index (χ0) is 17.4. The Kier molecular flexibility index (Phi) is 7.59. The zero-order valence-electron chi connectivity index (χ0n) is 14.7. The zero-order valence-corrected chi connectivity index (χ0v) is 14.7. The number of amides is 1. The van der Waals surface area contributed by atoms with E-state index in [1.807, 2.05) is 38.1 Å². The van der Waals surface area contributed by atoms with E-state index in [2.05, 4.69) is 0 Å². The molecule has 1 rings (SSSR count). The van der Waals surface area contributed by atoms with Crippen LogP contribution in [0.2, 0.25) is 0 Å². The quantitative estimate of drug-likeness (QED) is 0.691. The third-order valence-electron chi connectivity index (χ3n) is 3.73. The molecule has 0 saturated heterocycles. The van der Waals surface area contributed by atoms with Crippen LogP contribution in [0, 0.1) is 11.8 Å². The Balaban J connectivity index is 2.71. The largest absolute Gasteiger partial charge is 0.497 e. The topological polar surface area (TPSA) is 55.8 Å². The number of carbonyl (C=O) groups is 2. The Morgan fingerprint density at radius 2 is 1.70 bits per heavy atom. The lowest BCUT2D eigenvalue weighted by Gasteiger charge is -2.27. The maximum Gasteiger partial charge on any atom is 0.310 e. The molecule has 1 aromatic carbocycles. The molecule has 0 spiro atoms. The minimum Gasteiger partial charge on any atom is -0.497 e. The van der Waals surface area contributed by atoms with Crippen molar-refractivity contribution in [1.82, 2.24) is 4.90 Å². The van der Waals surface area contributed by atoms with Gasteiger partial charge in [0.25, 0.3) is 0 Å². The number of carbonyl (C=O) groups excluding carboxylic acids is 2. The minimum absolute atomic E-state index is 0.0502. The summed E-state index contributed by atoms with van der Waals surface area (Å²) in [4.78, 5) is 25.7. The Bertz CT molecular complexity index is 510. The number of methoxy groups -OCH3 is 2. The van der Waals surface area contributed by atoms with E-state index in [0.29, 0.717) is 13.1 Å². The lowest BCUT2D eigenvalue weighted by atomic mass is 10.1. The van der Waals surface area contributed by atoms with E-state index < -0.39 is 0 Å². The van der Waals surface area contributed by atoms with Crippen molar-refractivity contribution >= 4 is 11.9 Å². The number of rotatable bonds is 8. The molecule has 0 saturated carbocycles. The van der Waals surface area contributed by atoms with Gasteiger partial charge in [0.1, 0.15) is 5.75 Å². The molecule has 0 bridgehead atoms. The summed E-state index contributed by atoms with van der Waals surface area (Å²) in [5, 5.41) is 0. The van der Waals surface area contributed by atoms with E-state index in [1.165, 1.54) is 7.11 Å². The first kappa shape index (κ1) is 19.0. The smallest absolute Gasteiger partial charge is 0.310 e. The summed E-state index contributed by atoms with van der Waals surface area (Å²) >= 11 is 0. The highest BCUT2D eigenvalue weighted by molar-refractivity contribution is 5.79. The summed E-state index contributed by atoms with van der Waals surface area (Å²) in [7, 11) is 3.00. The monoisotopic (exact) mass is 321 g/mol. The minimum atomic E-state index is -0.335. The van der Waals surface area contributed by atoms with Gasteiger partial charge in [0, 0.05) is 19.0 Å². The molecule has 1 atom stereocenters. The van der Waals surface area contributed by atoms with Crippen molar-refractivity contribution in [2.24, 2.45) is 11.8 Å².